The molecular formula is C18H26N4O4S. The first-order valence-electron chi connectivity index (χ1n) is 9.03. The van der Waals surface area contributed by atoms with E-state index in [2.05, 4.69) is 20.6 Å². The van der Waals surface area contributed by atoms with Gasteiger partial charge in [0.05, 0.1) is 0 Å². The molecule has 1 aliphatic rings. The number of urea groups is 1. The molecule has 0 aromatic carbocycles. The number of hydrogen-bond donors (Lipinski definition) is 2. The van der Waals surface area contributed by atoms with Gasteiger partial charge in [0.15, 0.2) is 11.8 Å². The predicted molar refractivity (Wildman–Crippen MR) is 101 cm³/mol. The molecule has 0 aliphatic heterocycles. The lowest BCUT2D eigenvalue weighted by Gasteiger charge is -2.12. The number of nitrogens with zero attached hydrogens (tertiary/aromatic N) is 2. The Bertz CT molecular complexity index is 682. The van der Waals surface area contributed by atoms with Gasteiger partial charge in [0.2, 0.25) is 0 Å². The van der Waals surface area contributed by atoms with Crippen LogP contribution in [-0.4, -0.2) is 46.8 Å². The summed E-state index contributed by atoms with van der Waals surface area (Å²) in [4.78, 5) is 44.0. The van der Waals surface area contributed by atoms with Crippen molar-refractivity contribution in [3.63, 3.8) is 0 Å². The third kappa shape index (κ3) is 6.82. The fraction of sp³-hybridized carbons (Fsp3) is 0.611. The van der Waals surface area contributed by atoms with E-state index in [0.29, 0.717) is 11.6 Å². The topological polar surface area (TPSA) is 110 Å². The smallest absolute Gasteiger partial charge is 0.321 e. The fourth-order valence-corrected chi connectivity index (χ4v) is 3.52. The molecular weight excluding hydrogens is 368 g/mol. The van der Waals surface area contributed by atoms with Crippen molar-refractivity contribution in [2.24, 2.45) is 0 Å². The Morgan fingerprint density at radius 1 is 1.15 bits per heavy atom. The molecule has 0 bridgehead atoms. The number of ether oxygens (including phenoxy) is 1. The summed E-state index contributed by atoms with van der Waals surface area (Å²) in [5.74, 6) is -1.15. The summed E-state index contributed by atoms with van der Waals surface area (Å²) in [6.45, 7) is 3.29. The fourth-order valence-electron chi connectivity index (χ4n) is 3.06. The first-order chi connectivity index (χ1) is 12.9. The van der Waals surface area contributed by atoms with Gasteiger partial charge in [0.25, 0.3) is 5.91 Å². The highest BCUT2D eigenvalue weighted by Gasteiger charge is 2.19. The Morgan fingerprint density at radius 2 is 1.78 bits per heavy atom. The molecule has 1 aliphatic carbocycles. The van der Waals surface area contributed by atoms with Gasteiger partial charge in [-0.3, -0.25) is 14.9 Å². The second-order valence-corrected chi connectivity index (χ2v) is 7.30. The minimum absolute atomic E-state index is 0.116. The molecule has 27 heavy (non-hydrogen) atoms. The Labute approximate surface area is 163 Å². The van der Waals surface area contributed by atoms with Crippen LogP contribution in [0.5, 0.6) is 0 Å². The maximum atomic E-state index is 11.9. The van der Waals surface area contributed by atoms with Gasteiger partial charge in [-0.05, 0) is 44.9 Å². The largest absolute Gasteiger partial charge is 0.456 e. The van der Waals surface area contributed by atoms with Gasteiger partial charge in [0.1, 0.15) is 0 Å². The maximum Gasteiger partial charge on any atom is 0.321 e. The highest BCUT2D eigenvalue weighted by atomic mass is 32.2. The van der Waals surface area contributed by atoms with Gasteiger partial charge in [0, 0.05) is 23.9 Å². The van der Waals surface area contributed by atoms with Crippen LogP contribution in [0.3, 0.4) is 0 Å². The molecule has 1 aromatic rings. The zero-order valence-electron chi connectivity index (χ0n) is 16.0. The molecule has 148 valence electrons. The Kier molecular flexibility index (Phi) is 8.02. The van der Waals surface area contributed by atoms with Gasteiger partial charge in [-0.15, -0.1) is 0 Å². The third-order valence-electron chi connectivity index (χ3n) is 4.47. The van der Waals surface area contributed by atoms with E-state index in [9.17, 15) is 14.4 Å². The zero-order chi connectivity index (χ0) is 19.8. The summed E-state index contributed by atoms with van der Waals surface area (Å²) in [5.41, 5.74) is 2.58. The van der Waals surface area contributed by atoms with Crippen molar-refractivity contribution in [1.29, 1.82) is 0 Å². The summed E-state index contributed by atoms with van der Waals surface area (Å²) in [7, 11) is 0. The quantitative estimate of drug-likeness (QED) is 0.414. The Morgan fingerprint density at radius 3 is 2.37 bits per heavy atom. The summed E-state index contributed by atoms with van der Waals surface area (Å²) in [6.07, 6.45) is 6.49. The van der Waals surface area contributed by atoms with Crippen LogP contribution in [-0.2, 0) is 20.7 Å². The highest BCUT2D eigenvalue weighted by Crippen LogP contribution is 2.18. The SMILES string of the molecule is CSc1nc(C)c(CCC(=O)OCC(=O)NC(=O)NC2CCCC2)c(C)n1. The van der Waals surface area contributed by atoms with E-state index in [0.717, 1.165) is 42.6 Å². The van der Waals surface area contributed by atoms with Crippen LogP contribution in [0.25, 0.3) is 0 Å². The maximum absolute atomic E-state index is 11.9. The van der Waals surface area contributed by atoms with E-state index in [-0.39, 0.29) is 12.5 Å². The number of nitrogens with one attached hydrogen (secondary N) is 2. The van der Waals surface area contributed by atoms with Crippen LogP contribution in [0.2, 0.25) is 0 Å². The second-order valence-electron chi connectivity index (χ2n) is 6.52. The van der Waals surface area contributed by atoms with Gasteiger partial charge < -0.3 is 10.1 Å². The van der Waals surface area contributed by atoms with Crippen LogP contribution in [0, 0.1) is 13.8 Å². The van der Waals surface area contributed by atoms with Crippen molar-refractivity contribution in [3.05, 3.63) is 17.0 Å². The van der Waals surface area contributed by atoms with Crippen LogP contribution in [0.15, 0.2) is 5.16 Å². The average molecular weight is 394 g/mol. The predicted octanol–water partition coefficient (Wildman–Crippen LogP) is 2.06. The van der Waals surface area contributed by atoms with Crippen LogP contribution in [0.4, 0.5) is 4.79 Å². The molecule has 0 saturated heterocycles. The molecule has 0 radical (unpaired) electrons. The van der Waals surface area contributed by atoms with Gasteiger partial charge in [-0.25, -0.2) is 14.8 Å². The number of hydrogen-bond acceptors (Lipinski definition) is 7. The Hall–Kier alpha value is -2.16. The normalized spacial score (nSPS) is 14.0. The number of rotatable bonds is 7. The molecule has 1 heterocycles. The van der Waals surface area contributed by atoms with Gasteiger partial charge in [-0.2, -0.15) is 0 Å². The molecule has 2 N–H and O–H groups in total. The monoisotopic (exact) mass is 394 g/mol. The summed E-state index contributed by atoms with van der Waals surface area (Å²) in [5, 5.41) is 5.62. The van der Waals surface area contributed by atoms with Crippen LogP contribution in [0.1, 0.15) is 49.1 Å². The van der Waals surface area contributed by atoms with Crippen molar-refractivity contribution >= 4 is 29.7 Å². The first-order valence-corrected chi connectivity index (χ1v) is 10.3. The van der Waals surface area contributed by atoms with Crippen molar-refractivity contribution in [2.75, 3.05) is 12.9 Å². The number of esters is 1. The average Bonchev–Trinajstić information content (AvgIpc) is 3.11. The van der Waals surface area contributed by atoms with E-state index >= 15 is 0 Å². The minimum Gasteiger partial charge on any atom is -0.456 e. The summed E-state index contributed by atoms with van der Waals surface area (Å²) >= 11 is 1.47. The molecule has 8 nitrogen and oxygen atoms in total. The number of thioether (sulfide) groups is 1. The van der Waals surface area contributed by atoms with E-state index in [1.54, 1.807) is 0 Å². The standard InChI is InChI=1S/C18H26N4O4S/c1-11-14(12(2)20-18(19-11)27-3)8-9-16(24)26-10-15(23)22-17(25)21-13-6-4-5-7-13/h13H,4-10H2,1-3H3,(H2,21,22,23,25). The molecule has 9 heteroatoms. The number of amides is 3. The molecule has 0 atom stereocenters. The van der Waals surface area contributed by atoms with Crippen molar-refractivity contribution in [1.82, 2.24) is 20.6 Å². The van der Waals surface area contributed by atoms with Gasteiger partial charge >= 0.3 is 12.0 Å². The van der Waals surface area contributed by atoms with Gasteiger partial charge in [-0.1, -0.05) is 24.6 Å². The molecule has 2 rings (SSSR count). The minimum atomic E-state index is -0.640. The van der Waals surface area contributed by atoms with Crippen molar-refractivity contribution in [2.45, 2.75) is 63.6 Å². The number of carbonyl (C=O) groups excluding carboxylic acids is 3. The van der Waals surface area contributed by atoms with Crippen LogP contribution >= 0.6 is 11.8 Å². The van der Waals surface area contributed by atoms with E-state index in [1.807, 2.05) is 20.1 Å². The molecule has 3 amide bonds. The lowest BCUT2D eigenvalue weighted by atomic mass is 10.1. The zero-order valence-corrected chi connectivity index (χ0v) is 16.8. The Balaban J connectivity index is 1.71. The molecule has 1 fully saturated rings. The van der Waals surface area contributed by atoms with E-state index < -0.39 is 24.5 Å². The lowest BCUT2D eigenvalue weighted by Crippen LogP contribution is -2.45. The number of aromatic nitrogens is 2. The molecule has 0 spiro atoms. The highest BCUT2D eigenvalue weighted by molar-refractivity contribution is 7.98. The molecule has 1 aromatic heterocycles. The summed E-state index contributed by atoms with van der Waals surface area (Å²) < 4.78 is 4.95. The lowest BCUT2D eigenvalue weighted by molar-refractivity contribution is -0.148. The van der Waals surface area contributed by atoms with E-state index in [4.69, 9.17) is 4.74 Å². The van der Waals surface area contributed by atoms with Crippen molar-refractivity contribution < 1.29 is 19.1 Å². The molecule has 0 unspecified atom stereocenters. The van der Waals surface area contributed by atoms with E-state index in [1.165, 1.54) is 11.8 Å². The first kappa shape index (κ1) is 21.1. The van der Waals surface area contributed by atoms with Crippen molar-refractivity contribution in [3.8, 4) is 0 Å². The van der Waals surface area contributed by atoms with Crippen LogP contribution < -0.4 is 10.6 Å². The third-order valence-corrected chi connectivity index (χ3v) is 5.02. The number of imide groups is 1. The number of aryl methyl sites for hydroxylation is 2. The second kappa shape index (κ2) is 10.2. The molecule has 1 saturated carbocycles. The summed E-state index contributed by atoms with van der Waals surface area (Å²) in [6, 6.07) is -0.424. The number of carbonyl (C=O) groups is 3.